The summed E-state index contributed by atoms with van der Waals surface area (Å²) >= 11 is 0. The van der Waals surface area contributed by atoms with Crippen LogP contribution in [0.15, 0.2) is 18.3 Å². The zero-order valence-corrected chi connectivity index (χ0v) is 10.1. The highest BCUT2D eigenvalue weighted by Gasteiger charge is 2.22. The predicted molar refractivity (Wildman–Crippen MR) is 67.8 cm³/mol. The molecule has 10 heteroatoms. The van der Waals surface area contributed by atoms with Crippen LogP contribution in [-0.4, -0.2) is 45.6 Å². The van der Waals surface area contributed by atoms with Gasteiger partial charge in [0, 0.05) is 18.8 Å². The van der Waals surface area contributed by atoms with E-state index in [0.29, 0.717) is 0 Å². The molecule has 0 amide bonds. The van der Waals surface area contributed by atoms with E-state index in [1.165, 1.54) is 25.2 Å². The topological polar surface area (TPSA) is 138 Å². The van der Waals surface area contributed by atoms with Crippen molar-refractivity contribution in [3.8, 4) is 0 Å². The number of carboxylic acids is 1. The van der Waals surface area contributed by atoms with E-state index in [2.05, 4.69) is 15.5 Å². The molecule has 1 aromatic heterocycles. The number of nitro groups is 1. The number of anilines is 1. The molecule has 0 aliphatic heterocycles. The van der Waals surface area contributed by atoms with Gasteiger partial charge in [0.15, 0.2) is 0 Å². The molecule has 0 saturated heterocycles. The fourth-order valence-electron chi connectivity index (χ4n) is 1.39. The van der Waals surface area contributed by atoms with E-state index in [9.17, 15) is 14.9 Å². The van der Waals surface area contributed by atoms with Gasteiger partial charge in [-0.05, 0) is 12.9 Å². The van der Waals surface area contributed by atoms with Crippen molar-refractivity contribution in [2.75, 3.05) is 11.9 Å². The molecular weight excluding hydrogens is 255 g/mol. The first-order valence-electron chi connectivity index (χ1n) is 5.42. The molecule has 1 aromatic rings. The third-order valence-corrected chi connectivity index (χ3v) is 2.20. The summed E-state index contributed by atoms with van der Waals surface area (Å²) in [5.74, 6) is -1.21. The molecule has 0 fully saturated rings. The Morgan fingerprint density at radius 3 is 2.89 bits per heavy atom. The number of carboxylic acid groups (broad SMARTS) is 1. The van der Waals surface area contributed by atoms with Gasteiger partial charge < -0.3 is 20.7 Å². The Kier molecular flexibility index (Phi) is 5.21. The second-order valence-electron chi connectivity index (χ2n) is 3.74. The fourth-order valence-corrected chi connectivity index (χ4v) is 1.39. The summed E-state index contributed by atoms with van der Waals surface area (Å²) < 4.78 is 0. The van der Waals surface area contributed by atoms with Gasteiger partial charge in [-0.3, -0.25) is 14.9 Å². The van der Waals surface area contributed by atoms with Gasteiger partial charge in [-0.25, -0.2) is 4.98 Å². The summed E-state index contributed by atoms with van der Waals surface area (Å²) in [7, 11) is -1.01. The molecule has 0 radical (unpaired) electrons. The van der Waals surface area contributed by atoms with Gasteiger partial charge in [-0.1, -0.05) is 0 Å². The third-order valence-electron chi connectivity index (χ3n) is 2.20. The number of nitrogens with one attached hydrogen (secondary N) is 2. The number of hydrogen-bond acceptors (Lipinski definition) is 7. The van der Waals surface area contributed by atoms with Crippen molar-refractivity contribution >= 4 is 24.5 Å². The van der Waals surface area contributed by atoms with Gasteiger partial charge in [0.25, 0.3) is 0 Å². The summed E-state index contributed by atoms with van der Waals surface area (Å²) in [5.41, 5.74) is -0.247. The van der Waals surface area contributed by atoms with Gasteiger partial charge in [-0.15, -0.1) is 0 Å². The quantitative estimate of drug-likeness (QED) is 0.296. The monoisotopic (exact) mass is 268 g/mol. The number of pyridine rings is 1. The van der Waals surface area contributed by atoms with Crippen molar-refractivity contribution in [3.63, 3.8) is 0 Å². The first-order valence-corrected chi connectivity index (χ1v) is 5.42. The maximum absolute atomic E-state index is 10.9. The first-order chi connectivity index (χ1) is 8.91. The molecule has 0 saturated carbocycles. The van der Waals surface area contributed by atoms with Crippen LogP contribution in [0.25, 0.3) is 0 Å². The summed E-state index contributed by atoms with van der Waals surface area (Å²) in [4.78, 5) is 24.8. The second-order valence-corrected chi connectivity index (χ2v) is 3.74. The normalized spacial score (nSPS) is 11.7. The molecule has 1 rings (SSSR count). The highest BCUT2D eigenvalue weighted by molar-refractivity contribution is 6.46. The lowest BCUT2D eigenvalue weighted by atomic mass is 9.87. The van der Waals surface area contributed by atoms with Crippen molar-refractivity contribution < 1.29 is 19.8 Å². The maximum atomic E-state index is 10.9. The Morgan fingerprint density at radius 1 is 1.68 bits per heavy atom. The zero-order chi connectivity index (χ0) is 14.4. The van der Waals surface area contributed by atoms with Crippen LogP contribution in [0, 0.1) is 10.1 Å². The van der Waals surface area contributed by atoms with Gasteiger partial charge in [0.05, 0.1) is 4.92 Å². The van der Waals surface area contributed by atoms with Crippen LogP contribution < -0.4 is 10.5 Å². The lowest BCUT2D eigenvalue weighted by molar-refractivity contribution is -0.384. The van der Waals surface area contributed by atoms with E-state index in [-0.39, 0.29) is 18.1 Å². The SMILES string of the molecule is CB(O)NC(CNc1ncccc1[N+](=O)[O-])C(=O)O. The minimum Gasteiger partial charge on any atom is -0.480 e. The summed E-state index contributed by atoms with van der Waals surface area (Å²) in [6.45, 7) is 1.22. The highest BCUT2D eigenvalue weighted by Crippen LogP contribution is 2.19. The van der Waals surface area contributed by atoms with Crippen LogP contribution in [0.3, 0.4) is 0 Å². The first kappa shape index (κ1) is 14.9. The van der Waals surface area contributed by atoms with E-state index >= 15 is 0 Å². The van der Waals surface area contributed by atoms with E-state index in [0.717, 1.165) is 0 Å². The molecule has 0 aromatic carbocycles. The standard InChI is InChI=1S/C9H13BN4O5/c1-10(17)13-6(9(15)16)5-12-8-7(14(18)19)3-2-4-11-8/h2-4,6,13,17H,5H2,1H3,(H,11,12)(H,15,16). The van der Waals surface area contributed by atoms with Crippen LogP contribution in [0.2, 0.25) is 6.82 Å². The molecule has 0 bridgehead atoms. The number of hydrogen-bond donors (Lipinski definition) is 4. The largest absolute Gasteiger partial charge is 0.480 e. The van der Waals surface area contributed by atoms with E-state index < -0.39 is 24.0 Å². The second kappa shape index (κ2) is 6.66. The lowest BCUT2D eigenvalue weighted by Gasteiger charge is -2.15. The average molecular weight is 268 g/mol. The van der Waals surface area contributed by atoms with E-state index in [1.807, 2.05) is 0 Å². The Balaban J connectivity index is 2.74. The molecule has 9 nitrogen and oxygen atoms in total. The molecular formula is C9H13BN4O5. The van der Waals surface area contributed by atoms with Crippen molar-refractivity contribution in [2.24, 2.45) is 0 Å². The van der Waals surface area contributed by atoms with E-state index in [1.54, 1.807) is 0 Å². The van der Waals surface area contributed by atoms with Crippen molar-refractivity contribution in [1.82, 2.24) is 10.2 Å². The van der Waals surface area contributed by atoms with Gasteiger partial charge in [0.2, 0.25) is 5.82 Å². The maximum Gasteiger partial charge on any atom is 0.374 e. The Bertz CT molecular complexity index is 470. The number of rotatable bonds is 7. The molecule has 4 N–H and O–H groups in total. The molecule has 0 aliphatic carbocycles. The molecule has 1 atom stereocenters. The Hall–Kier alpha value is -2.20. The number of aromatic nitrogens is 1. The number of carbonyl (C=O) groups is 1. The lowest BCUT2D eigenvalue weighted by Crippen LogP contribution is -2.48. The molecule has 1 unspecified atom stereocenters. The molecule has 0 aliphatic rings. The molecule has 102 valence electrons. The summed E-state index contributed by atoms with van der Waals surface area (Å²) in [6, 6.07) is 1.57. The van der Waals surface area contributed by atoms with Crippen LogP contribution in [0.4, 0.5) is 11.5 Å². The average Bonchev–Trinajstić information content (AvgIpc) is 2.34. The van der Waals surface area contributed by atoms with E-state index in [4.69, 9.17) is 10.1 Å². The third kappa shape index (κ3) is 4.52. The summed E-state index contributed by atoms with van der Waals surface area (Å²) in [5, 5.41) is 33.7. The van der Waals surface area contributed by atoms with Crippen LogP contribution in [0.5, 0.6) is 0 Å². The van der Waals surface area contributed by atoms with Gasteiger partial charge >= 0.3 is 18.7 Å². The van der Waals surface area contributed by atoms with Gasteiger partial charge in [-0.2, -0.15) is 0 Å². The molecule has 1 heterocycles. The minimum absolute atomic E-state index is 0.0221. The highest BCUT2D eigenvalue weighted by atomic mass is 16.6. The van der Waals surface area contributed by atoms with Crippen LogP contribution in [0.1, 0.15) is 0 Å². The molecule has 19 heavy (non-hydrogen) atoms. The number of aliphatic carboxylic acids is 1. The minimum atomic E-state index is -1.19. The Labute approximate surface area is 108 Å². The van der Waals surface area contributed by atoms with Gasteiger partial charge in [0.1, 0.15) is 6.04 Å². The smallest absolute Gasteiger partial charge is 0.374 e. The summed E-state index contributed by atoms with van der Waals surface area (Å²) in [6.07, 6.45) is 1.35. The number of nitrogens with zero attached hydrogens (tertiary/aromatic N) is 2. The Morgan fingerprint density at radius 2 is 2.37 bits per heavy atom. The van der Waals surface area contributed by atoms with Crippen molar-refractivity contribution in [1.29, 1.82) is 0 Å². The van der Waals surface area contributed by atoms with Crippen LogP contribution >= 0.6 is 0 Å². The zero-order valence-electron chi connectivity index (χ0n) is 10.1. The van der Waals surface area contributed by atoms with Crippen LogP contribution in [-0.2, 0) is 4.79 Å². The predicted octanol–water partition coefficient (Wildman–Crippen LogP) is -0.445. The van der Waals surface area contributed by atoms with Crippen molar-refractivity contribution in [2.45, 2.75) is 12.9 Å². The van der Waals surface area contributed by atoms with Crippen molar-refractivity contribution in [3.05, 3.63) is 28.4 Å². The molecule has 0 spiro atoms. The fraction of sp³-hybridized carbons (Fsp3) is 0.333.